The fraction of sp³-hybridized carbons (Fsp3) is 0.500. The van der Waals surface area contributed by atoms with Crippen molar-refractivity contribution in [1.29, 1.82) is 0 Å². The highest BCUT2D eigenvalue weighted by atomic mass is 32.2. The number of carboxylic acids is 1. The summed E-state index contributed by atoms with van der Waals surface area (Å²) in [6.45, 7) is 3.84. The number of aryl methyl sites for hydroxylation is 1. The first-order valence-corrected chi connectivity index (χ1v) is 7.70. The number of aliphatic carboxylic acids is 1. The molecule has 0 bridgehead atoms. The number of pyridine rings is 1. The molecule has 0 radical (unpaired) electrons. The second-order valence-corrected chi connectivity index (χ2v) is 6.02. The van der Waals surface area contributed by atoms with Crippen molar-refractivity contribution in [1.82, 2.24) is 9.88 Å². The molecule has 1 fully saturated rings. The van der Waals surface area contributed by atoms with Crippen molar-refractivity contribution in [2.45, 2.75) is 38.1 Å². The monoisotopic (exact) mass is 294 g/mol. The molecular weight excluding hydrogens is 276 g/mol. The van der Waals surface area contributed by atoms with Crippen molar-refractivity contribution in [3.63, 3.8) is 0 Å². The molecule has 2 unspecified atom stereocenters. The summed E-state index contributed by atoms with van der Waals surface area (Å²) in [6.07, 6.45) is 1.71. The summed E-state index contributed by atoms with van der Waals surface area (Å²) in [4.78, 5) is 29.6. The van der Waals surface area contributed by atoms with Crippen LogP contribution in [0.2, 0.25) is 0 Å². The van der Waals surface area contributed by atoms with Crippen LogP contribution in [-0.4, -0.2) is 44.0 Å². The number of amides is 1. The standard InChI is InChI=1S/C14H18N2O3S/c1-3-5-12-16(11(8-20-12)14(18)19)13(17)10-7-4-6-9(2)15-10/h4,6-7,11-12H,3,5,8H2,1-2H3,(H,18,19). The van der Waals surface area contributed by atoms with Gasteiger partial charge in [0.15, 0.2) is 0 Å². The van der Waals surface area contributed by atoms with E-state index >= 15 is 0 Å². The first kappa shape index (κ1) is 14.8. The van der Waals surface area contributed by atoms with Crippen molar-refractivity contribution in [3.05, 3.63) is 29.6 Å². The maximum absolute atomic E-state index is 12.6. The van der Waals surface area contributed by atoms with Crippen LogP contribution < -0.4 is 0 Å². The van der Waals surface area contributed by atoms with Crippen molar-refractivity contribution in [3.8, 4) is 0 Å². The van der Waals surface area contributed by atoms with Gasteiger partial charge in [-0.3, -0.25) is 4.79 Å². The van der Waals surface area contributed by atoms with Crippen molar-refractivity contribution in [2.24, 2.45) is 0 Å². The molecule has 0 aliphatic carbocycles. The Labute approximate surface area is 122 Å². The molecule has 1 saturated heterocycles. The number of nitrogens with zero attached hydrogens (tertiary/aromatic N) is 2. The van der Waals surface area contributed by atoms with Crippen LogP contribution in [0.25, 0.3) is 0 Å². The van der Waals surface area contributed by atoms with E-state index in [1.807, 2.05) is 19.9 Å². The Bertz CT molecular complexity index is 521. The zero-order valence-electron chi connectivity index (χ0n) is 11.6. The summed E-state index contributed by atoms with van der Waals surface area (Å²) in [5.41, 5.74) is 1.07. The van der Waals surface area contributed by atoms with E-state index in [1.165, 1.54) is 16.7 Å². The molecule has 2 atom stereocenters. The maximum Gasteiger partial charge on any atom is 0.327 e. The van der Waals surface area contributed by atoms with Crippen LogP contribution >= 0.6 is 11.8 Å². The van der Waals surface area contributed by atoms with Gasteiger partial charge in [-0.05, 0) is 25.5 Å². The topological polar surface area (TPSA) is 70.5 Å². The zero-order valence-corrected chi connectivity index (χ0v) is 12.4. The Morgan fingerprint density at radius 2 is 2.25 bits per heavy atom. The molecule has 2 rings (SSSR count). The van der Waals surface area contributed by atoms with E-state index in [2.05, 4.69) is 4.98 Å². The van der Waals surface area contributed by atoms with E-state index in [4.69, 9.17) is 0 Å². The van der Waals surface area contributed by atoms with Crippen molar-refractivity contribution >= 4 is 23.6 Å². The summed E-state index contributed by atoms with van der Waals surface area (Å²) in [6, 6.07) is 4.46. The molecule has 1 amide bonds. The zero-order chi connectivity index (χ0) is 14.7. The van der Waals surface area contributed by atoms with Crippen molar-refractivity contribution in [2.75, 3.05) is 5.75 Å². The van der Waals surface area contributed by atoms with Crippen LogP contribution in [0.3, 0.4) is 0 Å². The third kappa shape index (κ3) is 2.95. The molecule has 0 saturated carbocycles. The molecule has 1 aliphatic rings. The van der Waals surface area contributed by atoms with Crippen LogP contribution in [-0.2, 0) is 4.79 Å². The Hall–Kier alpha value is -1.56. The number of carboxylic acid groups (broad SMARTS) is 1. The Kier molecular flexibility index (Phi) is 4.65. The SMILES string of the molecule is CCCC1SCC(C(=O)O)N1C(=O)c1cccc(C)n1. The van der Waals surface area contributed by atoms with Gasteiger partial charge in [0.05, 0.1) is 5.37 Å². The Balaban J connectivity index is 2.29. The van der Waals surface area contributed by atoms with Gasteiger partial charge in [0, 0.05) is 11.4 Å². The maximum atomic E-state index is 12.6. The minimum atomic E-state index is -0.947. The second-order valence-electron chi connectivity index (χ2n) is 4.81. The lowest BCUT2D eigenvalue weighted by Crippen LogP contribution is -2.45. The summed E-state index contributed by atoms with van der Waals surface area (Å²) >= 11 is 1.54. The van der Waals surface area contributed by atoms with Crippen LogP contribution in [0.5, 0.6) is 0 Å². The molecule has 20 heavy (non-hydrogen) atoms. The van der Waals surface area contributed by atoms with Gasteiger partial charge in [-0.25, -0.2) is 9.78 Å². The van der Waals surface area contributed by atoms with Gasteiger partial charge < -0.3 is 10.0 Å². The number of aromatic nitrogens is 1. The summed E-state index contributed by atoms with van der Waals surface area (Å²) in [5.74, 6) is -0.793. The summed E-state index contributed by atoms with van der Waals surface area (Å²) < 4.78 is 0. The average molecular weight is 294 g/mol. The Morgan fingerprint density at radius 3 is 2.85 bits per heavy atom. The number of carbonyl (C=O) groups is 2. The van der Waals surface area contributed by atoms with E-state index in [0.717, 1.165) is 18.5 Å². The van der Waals surface area contributed by atoms with Crippen molar-refractivity contribution < 1.29 is 14.7 Å². The highest BCUT2D eigenvalue weighted by Gasteiger charge is 2.41. The van der Waals surface area contributed by atoms with E-state index in [0.29, 0.717) is 11.4 Å². The minimum Gasteiger partial charge on any atom is -0.480 e. The molecule has 0 spiro atoms. The van der Waals surface area contributed by atoms with Gasteiger partial charge >= 0.3 is 5.97 Å². The fourth-order valence-corrected chi connectivity index (χ4v) is 3.80. The normalized spacial score (nSPS) is 22.0. The molecule has 1 aromatic rings. The largest absolute Gasteiger partial charge is 0.480 e. The molecule has 6 heteroatoms. The number of thioether (sulfide) groups is 1. The number of hydrogen-bond acceptors (Lipinski definition) is 4. The van der Waals surface area contributed by atoms with Crippen LogP contribution in [0.4, 0.5) is 0 Å². The van der Waals surface area contributed by atoms with Crippen LogP contribution in [0.15, 0.2) is 18.2 Å². The molecule has 1 aromatic heterocycles. The van der Waals surface area contributed by atoms with E-state index < -0.39 is 12.0 Å². The van der Waals surface area contributed by atoms with E-state index in [9.17, 15) is 14.7 Å². The highest BCUT2D eigenvalue weighted by molar-refractivity contribution is 8.00. The molecular formula is C14H18N2O3S. The van der Waals surface area contributed by atoms with Gasteiger partial charge in [0.1, 0.15) is 11.7 Å². The van der Waals surface area contributed by atoms with Crippen LogP contribution in [0.1, 0.15) is 35.9 Å². The van der Waals surface area contributed by atoms with Gasteiger partial charge in [0.2, 0.25) is 0 Å². The second kappa shape index (κ2) is 6.26. The molecule has 1 N–H and O–H groups in total. The lowest BCUT2D eigenvalue weighted by Gasteiger charge is -2.26. The van der Waals surface area contributed by atoms with Gasteiger partial charge in [0.25, 0.3) is 5.91 Å². The molecule has 5 nitrogen and oxygen atoms in total. The predicted molar refractivity (Wildman–Crippen MR) is 77.7 cm³/mol. The molecule has 108 valence electrons. The third-order valence-corrected chi connectivity index (χ3v) is 4.61. The number of carbonyl (C=O) groups excluding carboxylic acids is 1. The summed E-state index contributed by atoms with van der Waals surface area (Å²) in [5, 5.41) is 9.22. The Morgan fingerprint density at radius 1 is 1.50 bits per heavy atom. The molecule has 0 aromatic carbocycles. The summed E-state index contributed by atoms with van der Waals surface area (Å²) in [7, 11) is 0. The number of rotatable bonds is 4. The molecule has 1 aliphatic heterocycles. The first-order valence-electron chi connectivity index (χ1n) is 6.65. The van der Waals surface area contributed by atoms with Gasteiger partial charge in [-0.2, -0.15) is 0 Å². The highest BCUT2D eigenvalue weighted by Crippen LogP contribution is 2.33. The fourth-order valence-electron chi connectivity index (χ4n) is 2.29. The lowest BCUT2D eigenvalue weighted by molar-refractivity contribution is -0.141. The molecule has 2 heterocycles. The lowest BCUT2D eigenvalue weighted by atomic mass is 10.2. The smallest absolute Gasteiger partial charge is 0.327 e. The average Bonchev–Trinajstić information content (AvgIpc) is 2.82. The quantitative estimate of drug-likeness (QED) is 0.921. The third-order valence-electron chi connectivity index (χ3n) is 3.26. The van der Waals surface area contributed by atoms with Crippen LogP contribution in [0, 0.1) is 6.92 Å². The van der Waals surface area contributed by atoms with E-state index in [1.54, 1.807) is 12.1 Å². The predicted octanol–water partition coefficient (Wildman–Crippen LogP) is 2.16. The minimum absolute atomic E-state index is 0.0732. The van der Waals surface area contributed by atoms with E-state index in [-0.39, 0.29) is 11.3 Å². The van der Waals surface area contributed by atoms with Gasteiger partial charge in [-0.1, -0.05) is 19.4 Å². The number of hydrogen-bond donors (Lipinski definition) is 1. The van der Waals surface area contributed by atoms with Gasteiger partial charge in [-0.15, -0.1) is 11.8 Å². The first-order chi connectivity index (χ1) is 9.54.